The standard InChI is InChI=1S/C22H23BN6O3/c1-13(2)16-11-26-22(19-17-7-4-8-18(20(24)30)29(17)12-27-19)28-21(16)25-10-14-5-3-6-15(9-14)23(31)32/h3-9,11-13,31-32H,10H2,1-2H3,(H2,24,30)(H,25,26,28). The molecular weight excluding hydrogens is 407 g/mol. The van der Waals surface area contributed by atoms with Gasteiger partial charge in [-0.25, -0.2) is 15.0 Å². The maximum atomic E-state index is 11.7. The molecule has 0 saturated carbocycles. The molecule has 0 aliphatic rings. The number of imidazole rings is 1. The van der Waals surface area contributed by atoms with Crippen LogP contribution in [0.15, 0.2) is 55.0 Å². The van der Waals surface area contributed by atoms with Crippen LogP contribution < -0.4 is 16.5 Å². The molecule has 0 spiro atoms. The van der Waals surface area contributed by atoms with Gasteiger partial charge in [-0.2, -0.15) is 0 Å². The lowest BCUT2D eigenvalue weighted by Crippen LogP contribution is -2.30. The second-order valence-corrected chi connectivity index (χ2v) is 7.75. The van der Waals surface area contributed by atoms with Crippen LogP contribution in [0.2, 0.25) is 0 Å². The van der Waals surface area contributed by atoms with E-state index in [2.05, 4.69) is 29.1 Å². The van der Waals surface area contributed by atoms with E-state index in [-0.39, 0.29) is 5.92 Å². The average molecular weight is 430 g/mol. The molecule has 3 aromatic heterocycles. The fourth-order valence-corrected chi connectivity index (χ4v) is 3.51. The zero-order chi connectivity index (χ0) is 22.8. The molecule has 0 saturated heterocycles. The maximum absolute atomic E-state index is 11.7. The molecule has 0 aliphatic heterocycles. The Morgan fingerprint density at radius 1 is 1.19 bits per heavy atom. The molecule has 0 unspecified atom stereocenters. The van der Waals surface area contributed by atoms with Gasteiger partial charge < -0.3 is 21.1 Å². The molecule has 1 amide bonds. The molecule has 0 bridgehead atoms. The minimum absolute atomic E-state index is 0.178. The first-order valence-electron chi connectivity index (χ1n) is 10.2. The van der Waals surface area contributed by atoms with E-state index in [0.717, 1.165) is 11.1 Å². The first kappa shape index (κ1) is 21.5. The van der Waals surface area contributed by atoms with Crippen molar-refractivity contribution in [2.45, 2.75) is 26.3 Å². The first-order chi connectivity index (χ1) is 15.3. The number of nitrogens with two attached hydrogens (primary N) is 1. The highest BCUT2D eigenvalue weighted by molar-refractivity contribution is 6.58. The van der Waals surface area contributed by atoms with Gasteiger partial charge in [0.05, 0.1) is 5.52 Å². The Morgan fingerprint density at radius 3 is 2.69 bits per heavy atom. The number of aromatic nitrogens is 4. The summed E-state index contributed by atoms with van der Waals surface area (Å²) >= 11 is 0. The van der Waals surface area contributed by atoms with E-state index in [1.165, 1.54) is 6.33 Å². The Kier molecular flexibility index (Phi) is 5.89. The van der Waals surface area contributed by atoms with Gasteiger partial charge in [-0.1, -0.05) is 44.2 Å². The second kappa shape index (κ2) is 8.78. The van der Waals surface area contributed by atoms with E-state index >= 15 is 0 Å². The summed E-state index contributed by atoms with van der Waals surface area (Å²) in [6, 6.07) is 12.2. The van der Waals surface area contributed by atoms with Gasteiger partial charge in [0, 0.05) is 18.3 Å². The Hall–Kier alpha value is -3.76. The SMILES string of the molecule is CC(C)c1cnc(-c2ncn3c(C(N)=O)cccc23)nc1NCc1cccc(B(O)O)c1. The highest BCUT2D eigenvalue weighted by atomic mass is 16.4. The molecule has 4 rings (SSSR count). The number of nitrogens with zero attached hydrogens (tertiary/aromatic N) is 4. The molecule has 10 heteroatoms. The van der Waals surface area contributed by atoms with Gasteiger partial charge in [-0.15, -0.1) is 0 Å². The molecule has 9 nitrogen and oxygen atoms in total. The van der Waals surface area contributed by atoms with Crippen LogP contribution in [0.4, 0.5) is 5.82 Å². The lowest BCUT2D eigenvalue weighted by molar-refractivity contribution is 0.0994. The Labute approximate surface area is 185 Å². The topological polar surface area (TPSA) is 139 Å². The molecule has 0 aliphatic carbocycles. The van der Waals surface area contributed by atoms with Crippen LogP contribution in [0.5, 0.6) is 0 Å². The number of primary amides is 1. The Bertz CT molecular complexity index is 1290. The lowest BCUT2D eigenvalue weighted by Gasteiger charge is -2.15. The average Bonchev–Trinajstić information content (AvgIpc) is 3.21. The van der Waals surface area contributed by atoms with E-state index in [9.17, 15) is 14.8 Å². The zero-order valence-electron chi connectivity index (χ0n) is 17.7. The first-order valence-corrected chi connectivity index (χ1v) is 10.2. The molecular formula is C22H23BN6O3. The van der Waals surface area contributed by atoms with Crippen LogP contribution in [0.25, 0.3) is 17.0 Å². The smallest absolute Gasteiger partial charge is 0.423 e. The predicted octanol–water partition coefficient (Wildman–Crippen LogP) is 1.31. The van der Waals surface area contributed by atoms with Crippen molar-refractivity contribution < 1.29 is 14.8 Å². The number of amides is 1. The number of fused-ring (bicyclic) bond motifs is 1. The summed E-state index contributed by atoms with van der Waals surface area (Å²) in [5.41, 5.74) is 9.25. The van der Waals surface area contributed by atoms with Crippen LogP contribution in [-0.2, 0) is 6.54 Å². The molecule has 0 fully saturated rings. The summed E-state index contributed by atoms with van der Waals surface area (Å²) < 4.78 is 1.62. The van der Waals surface area contributed by atoms with Crippen LogP contribution in [-0.4, -0.2) is 42.4 Å². The summed E-state index contributed by atoms with van der Waals surface area (Å²) in [5, 5.41) is 22.2. The van der Waals surface area contributed by atoms with E-state index < -0.39 is 13.0 Å². The fraction of sp³-hybridized carbons (Fsp3) is 0.182. The normalized spacial score (nSPS) is 11.2. The summed E-state index contributed by atoms with van der Waals surface area (Å²) in [5.74, 6) is 0.707. The second-order valence-electron chi connectivity index (χ2n) is 7.75. The van der Waals surface area contributed by atoms with Crippen molar-refractivity contribution in [1.82, 2.24) is 19.4 Å². The van der Waals surface area contributed by atoms with E-state index in [1.54, 1.807) is 40.9 Å². The largest absolute Gasteiger partial charge is 0.488 e. The molecule has 32 heavy (non-hydrogen) atoms. The monoisotopic (exact) mass is 430 g/mol. The van der Waals surface area contributed by atoms with Crippen LogP contribution in [0.1, 0.15) is 41.4 Å². The van der Waals surface area contributed by atoms with Gasteiger partial charge in [-0.05, 0) is 29.1 Å². The minimum atomic E-state index is -1.52. The van der Waals surface area contributed by atoms with Gasteiger partial charge in [0.2, 0.25) is 0 Å². The van der Waals surface area contributed by atoms with Crippen molar-refractivity contribution in [1.29, 1.82) is 0 Å². The zero-order valence-corrected chi connectivity index (χ0v) is 17.7. The number of hydrogen-bond acceptors (Lipinski definition) is 7. The summed E-state index contributed by atoms with van der Waals surface area (Å²) in [7, 11) is -1.52. The maximum Gasteiger partial charge on any atom is 0.488 e. The number of anilines is 1. The number of carbonyl (C=O) groups is 1. The van der Waals surface area contributed by atoms with Gasteiger partial charge >= 0.3 is 7.12 Å². The molecule has 1 aromatic carbocycles. The molecule has 5 N–H and O–H groups in total. The van der Waals surface area contributed by atoms with Gasteiger partial charge in [0.25, 0.3) is 5.91 Å². The third-order valence-electron chi connectivity index (χ3n) is 5.18. The third kappa shape index (κ3) is 4.18. The Morgan fingerprint density at radius 2 is 1.97 bits per heavy atom. The lowest BCUT2D eigenvalue weighted by atomic mass is 9.79. The summed E-state index contributed by atoms with van der Waals surface area (Å²) in [6.45, 7) is 4.54. The van der Waals surface area contributed by atoms with Crippen molar-refractivity contribution in [2.24, 2.45) is 5.73 Å². The molecule has 4 aromatic rings. The number of nitrogens with one attached hydrogen (secondary N) is 1. The van der Waals surface area contributed by atoms with E-state index in [4.69, 9.17) is 10.7 Å². The minimum Gasteiger partial charge on any atom is -0.423 e. The summed E-state index contributed by atoms with van der Waals surface area (Å²) in [4.78, 5) is 25.4. The number of pyridine rings is 1. The van der Waals surface area contributed by atoms with Crippen molar-refractivity contribution in [3.8, 4) is 11.5 Å². The highest BCUT2D eigenvalue weighted by Crippen LogP contribution is 2.27. The molecule has 0 radical (unpaired) electrons. The van der Waals surface area contributed by atoms with Crippen LogP contribution in [0.3, 0.4) is 0 Å². The van der Waals surface area contributed by atoms with Gasteiger partial charge in [-0.3, -0.25) is 9.20 Å². The summed E-state index contributed by atoms with van der Waals surface area (Å²) in [6.07, 6.45) is 3.30. The molecule has 0 atom stereocenters. The van der Waals surface area contributed by atoms with Crippen molar-refractivity contribution >= 4 is 29.8 Å². The number of benzene rings is 1. The fourth-order valence-electron chi connectivity index (χ4n) is 3.51. The quantitative estimate of drug-likeness (QED) is 0.324. The van der Waals surface area contributed by atoms with Crippen molar-refractivity contribution in [2.75, 3.05) is 5.32 Å². The number of hydrogen-bond donors (Lipinski definition) is 4. The van der Waals surface area contributed by atoms with Gasteiger partial charge in [0.1, 0.15) is 23.5 Å². The molecule has 162 valence electrons. The number of carbonyl (C=O) groups excluding carboxylic acids is 1. The highest BCUT2D eigenvalue weighted by Gasteiger charge is 2.17. The number of rotatable bonds is 7. The molecule has 3 heterocycles. The predicted molar refractivity (Wildman–Crippen MR) is 122 cm³/mol. The van der Waals surface area contributed by atoms with Crippen molar-refractivity contribution in [3.05, 3.63) is 71.8 Å². The Balaban J connectivity index is 1.70. The van der Waals surface area contributed by atoms with Gasteiger partial charge in [0.15, 0.2) is 5.82 Å². The van der Waals surface area contributed by atoms with E-state index in [0.29, 0.717) is 40.6 Å². The van der Waals surface area contributed by atoms with E-state index in [1.807, 2.05) is 12.1 Å². The van der Waals surface area contributed by atoms with Crippen LogP contribution >= 0.6 is 0 Å². The van der Waals surface area contributed by atoms with Crippen molar-refractivity contribution in [3.63, 3.8) is 0 Å². The third-order valence-corrected chi connectivity index (χ3v) is 5.18. The van der Waals surface area contributed by atoms with Crippen LogP contribution in [0, 0.1) is 0 Å².